The van der Waals surface area contributed by atoms with Crippen molar-refractivity contribution in [2.45, 2.75) is 32.4 Å². The van der Waals surface area contributed by atoms with Crippen molar-refractivity contribution in [1.29, 1.82) is 0 Å². The minimum atomic E-state index is -0.533. The maximum absolute atomic E-state index is 13.4. The highest BCUT2D eigenvalue weighted by Crippen LogP contribution is 2.15. The fourth-order valence-corrected chi connectivity index (χ4v) is 1.41. The summed E-state index contributed by atoms with van der Waals surface area (Å²) in [5, 5.41) is 2.68. The summed E-state index contributed by atoms with van der Waals surface area (Å²) in [6.45, 7) is 3.57. The number of hydrogen-bond donors (Lipinski definition) is 2. The largest absolute Gasteiger partial charge is 0.348 e. The van der Waals surface area contributed by atoms with Gasteiger partial charge >= 0.3 is 0 Å². The number of halogens is 1. The lowest BCUT2D eigenvalue weighted by atomic mass is 10.1. The minimum absolute atomic E-state index is 0.252. The molecule has 0 aliphatic rings. The SMILES string of the molecule is CC[C@H](N)C(=O)NC(C)c1ccccc1F. The van der Waals surface area contributed by atoms with Crippen LogP contribution in [0.2, 0.25) is 0 Å². The lowest BCUT2D eigenvalue weighted by Crippen LogP contribution is -2.41. The number of carbonyl (C=O) groups is 1. The summed E-state index contributed by atoms with van der Waals surface area (Å²) < 4.78 is 13.4. The van der Waals surface area contributed by atoms with Crippen molar-refractivity contribution in [3.63, 3.8) is 0 Å². The van der Waals surface area contributed by atoms with Gasteiger partial charge in [-0.15, -0.1) is 0 Å². The predicted molar refractivity (Wildman–Crippen MR) is 61.2 cm³/mol. The summed E-state index contributed by atoms with van der Waals surface area (Å²) >= 11 is 0. The second kappa shape index (κ2) is 5.61. The smallest absolute Gasteiger partial charge is 0.237 e. The highest BCUT2D eigenvalue weighted by molar-refractivity contribution is 5.81. The number of nitrogens with two attached hydrogens (primary N) is 1. The molecule has 0 aromatic heterocycles. The van der Waals surface area contributed by atoms with Crippen LogP contribution in [0, 0.1) is 5.82 Å². The first-order valence-corrected chi connectivity index (χ1v) is 5.36. The maximum atomic E-state index is 13.4. The summed E-state index contributed by atoms with van der Waals surface area (Å²) in [5.74, 6) is -0.571. The van der Waals surface area contributed by atoms with E-state index in [4.69, 9.17) is 5.73 Å². The third-order valence-corrected chi connectivity index (χ3v) is 2.51. The number of amides is 1. The zero-order valence-electron chi connectivity index (χ0n) is 9.53. The third kappa shape index (κ3) is 3.03. The topological polar surface area (TPSA) is 55.1 Å². The number of rotatable bonds is 4. The van der Waals surface area contributed by atoms with Crippen molar-refractivity contribution in [2.24, 2.45) is 5.73 Å². The van der Waals surface area contributed by atoms with Gasteiger partial charge in [-0.25, -0.2) is 4.39 Å². The first-order chi connectivity index (χ1) is 7.56. The van der Waals surface area contributed by atoms with Crippen molar-refractivity contribution in [2.75, 3.05) is 0 Å². The van der Waals surface area contributed by atoms with Gasteiger partial charge in [-0.1, -0.05) is 25.1 Å². The van der Waals surface area contributed by atoms with Crippen LogP contribution >= 0.6 is 0 Å². The Balaban J connectivity index is 2.69. The summed E-state index contributed by atoms with van der Waals surface area (Å²) in [4.78, 5) is 11.5. The summed E-state index contributed by atoms with van der Waals surface area (Å²) in [6.07, 6.45) is 0.565. The van der Waals surface area contributed by atoms with Crippen LogP contribution < -0.4 is 11.1 Å². The van der Waals surface area contributed by atoms with Gasteiger partial charge in [0, 0.05) is 5.56 Å². The second-order valence-corrected chi connectivity index (χ2v) is 3.77. The second-order valence-electron chi connectivity index (χ2n) is 3.77. The third-order valence-electron chi connectivity index (χ3n) is 2.51. The van der Waals surface area contributed by atoms with Gasteiger partial charge in [0.1, 0.15) is 5.82 Å². The summed E-state index contributed by atoms with van der Waals surface area (Å²) in [6, 6.07) is 5.47. The van der Waals surface area contributed by atoms with Crippen LogP contribution in [0.15, 0.2) is 24.3 Å². The normalized spacial score (nSPS) is 14.2. The standard InChI is InChI=1S/C12H17FN2O/c1-3-11(14)12(16)15-8(2)9-6-4-5-7-10(9)13/h4-8,11H,3,14H2,1-2H3,(H,15,16)/t8?,11-/m0/s1. The van der Waals surface area contributed by atoms with E-state index in [2.05, 4.69) is 5.32 Å². The lowest BCUT2D eigenvalue weighted by molar-refractivity contribution is -0.123. The monoisotopic (exact) mass is 224 g/mol. The Morgan fingerprint density at radius 3 is 2.69 bits per heavy atom. The van der Waals surface area contributed by atoms with Crippen LogP contribution in [0.5, 0.6) is 0 Å². The Labute approximate surface area is 94.8 Å². The minimum Gasteiger partial charge on any atom is -0.348 e. The number of benzene rings is 1. The number of hydrogen-bond acceptors (Lipinski definition) is 2. The molecule has 0 saturated carbocycles. The first kappa shape index (κ1) is 12.6. The Hall–Kier alpha value is -1.42. The van der Waals surface area contributed by atoms with Crippen LogP contribution in [0.25, 0.3) is 0 Å². The Bertz CT molecular complexity index is 368. The molecule has 0 aliphatic heterocycles. The fourth-order valence-electron chi connectivity index (χ4n) is 1.41. The van der Waals surface area contributed by atoms with Crippen LogP contribution in [-0.4, -0.2) is 11.9 Å². The zero-order chi connectivity index (χ0) is 12.1. The first-order valence-electron chi connectivity index (χ1n) is 5.36. The van der Waals surface area contributed by atoms with Crippen molar-refractivity contribution < 1.29 is 9.18 Å². The van der Waals surface area contributed by atoms with Crippen LogP contribution in [0.4, 0.5) is 4.39 Å². The molecule has 0 heterocycles. The molecule has 4 heteroatoms. The van der Waals surface area contributed by atoms with Crippen molar-refractivity contribution in [3.05, 3.63) is 35.6 Å². The molecule has 1 unspecified atom stereocenters. The molecule has 0 saturated heterocycles. The van der Waals surface area contributed by atoms with Crippen molar-refractivity contribution in [1.82, 2.24) is 5.32 Å². The Morgan fingerprint density at radius 2 is 2.12 bits per heavy atom. The molecule has 0 spiro atoms. The fraction of sp³-hybridized carbons (Fsp3) is 0.417. The quantitative estimate of drug-likeness (QED) is 0.818. The molecule has 0 aliphatic carbocycles. The molecular formula is C12H17FN2O. The Kier molecular flexibility index (Phi) is 4.43. The van der Waals surface area contributed by atoms with E-state index >= 15 is 0 Å². The van der Waals surface area contributed by atoms with E-state index < -0.39 is 6.04 Å². The van der Waals surface area contributed by atoms with Crippen LogP contribution in [0.3, 0.4) is 0 Å². The van der Waals surface area contributed by atoms with E-state index in [1.54, 1.807) is 25.1 Å². The van der Waals surface area contributed by atoms with Gasteiger partial charge in [0.05, 0.1) is 12.1 Å². The number of carbonyl (C=O) groups excluding carboxylic acids is 1. The molecule has 1 aromatic rings. The molecule has 0 radical (unpaired) electrons. The van der Waals surface area contributed by atoms with Crippen molar-refractivity contribution in [3.8, 4) is 0 Å². The molecule has 1 amide bonds. The van der Waals surface area contributed by atoms with E-state index in [9.17, 15) is 9.18 Å². The lowest BCUT2D eigenvalue weighted by Gasteiger charge is -2.17. The predicted octanol–water partition coefficient (Wildman–Crippen LogP) is 1.74. The van der Waals surface area contributed by atoms with Crippen LogP contribution in [0.1, 0.15) is 31.9 Å². The molecule has 3 nitrogen and oxygen atoms in total. The molecule has 88 valence electrons. The molecule has 16 heavy (non-hydrogen) atoms. The molecule has 0 fully saturated rings. The molecule has 3 N–H and O–H groups in total. The Morgan fingerprint density at radius 1 is 1.50 bits per heavy atom. The van der Waals surface area contributed by atoms with Gasteiger partial charge in [-0.3, -0.25) is 4.79 Å². The van der Waals surface area contributed by atoms with Gasteiger partial charge in [0.25, 0.3) is 0 Å². The molecule has 0 bridgehead atoms. The van der Waals surface area contributed by atoms with Gasteiger partial charge < -0.3 is 11.1 Å². The highest BCUT2D eigenvalue weighted by atomic mass is 19.1. The molecular weight excluding hydrogens is 207 g/mol. The molecule has 2 atom stereocenters. The number of nitrogens with one attached hydrogen (secondary N) is 1. The average molecular weight is 224 g/mol. The molecule has 1 rings (SSSR count). The van der Waals surface area contributed by atoms with E-state index in [0.29, 0.717) is 12.0 Å². The van der Waals surface area contributed by atoms with E-state index in [0.717, 1.165) is 0 Å². The van der Waals surface area contributed by atoms with Gasteiger partial charge in [0.15, 0.2) is 0 Å². The van der Waals surface area contributed by atoms with E-state index in [-0.39, 0.29) is 17.8 Å². The summed E-state index contributed by atoms with van der Waals surface area (Å²) in [5.41, 5.74) is 6.05. The average Bonchev–Trinajstić information content (AvgIpc) is 2.28. The highest BCUT2D eigenvalue weighted by Gasteiger charge is 2.16. The summed E-state index contributed by atoms with van der Waals surface area (Å²) in [7, 11) is 0. The van der Waals surface area contributed by atoms with Crippen molar-refractivity contribution >= 4 is 5.91 Å². The van der Waals surface area contributed by atoms with E-state index in [1.165, 1.54) is 6.07 Å². The molecule has 1 aromatic carbocycles. The van der Waals surface area contributed by atoms with Gasteiger partial charge in [-0.05, 0) is 19.4 Å². The van der Waals surface area contributed by atoms with Gasteiger partial charge in [0.2, 0.25) is 5.91 Å². The van der Waals surface area contributed by atoms with Gasteiger partial charge in [-0.2, -0.15) is 0 Å². The zero-order valence-corrected chi connectivity index (χ0v) is 9.53. The maximum Gasteiger partial charge on any atom is 0.237 e. The van der Waals surface area contributed by atoms with E-state index in [1.807, 2.05) is 6.92 Å². The van der Waals surface area contributed by atoms with Crippen LogP contribution in [-0.2, 0) is 4.79 Å².